The number of nitrogens with one attached hydrogen (secondary N) is 1. The molecule has 1 heterocycles. The van der Waals surface area contributed by atoms with Crippen molar-refractivity contribution in [1.29, 1.82) is 0 Å². The van der Waals surface area contributed by atoms with Crippen LogP contribution in [0.4, 0.5) is 5.69 Å². The van der Waals surface area contributed by atoms with Crippen molar-refractivity contribution in [2.75, 3.05) is 45.2 Å². The maximum absolute atomic E-state index is 12.1. The Bertz CT molecular complexity index is 450. The Morgan fingerprint density at radius 3 is 2.41 bits per heavy atom. The second-order valence-electron chi connectivity index (χ2n) is 6.31. The summed E-state index contributed by atoms with van der Waals surface area (Å²) in [4.78, 5) is 16.6. The SMILES string of the molecule is CN(C)c1ccc(C(=O)NCCCCN2CCCCC2)cc1. The molecule has 4 nitrogen and oxygen atoms in total. The van der Waals surface area contributed by atoms with Crippen LogP contribution in [0, 0.1) is 0 Å². The van der Waals surface area contributed by atoms with E-state index in [0.29, 0.717) is 0 Å². The molecular weight excluding hydrogens is 274 g/mol. The highest BCUT2D eigenvalue weighted by Crippen LogP contribution is 2.12. The van der Waals surface area contributed by atoms with Crippen molar-refractivity contribution in [3.63, 3.8) is 0 Å². The first-order chi connectivity index (χ1) is 10.7. The molecule has 1 aromatic rings. The summed E-state index contributed by atoms with van der Waals surface area (Å²) in [6.07, 6.45) is 6.30. The Balaban J connectivity index is 1.62. The molecule has 1 aliphatic rings. The van der Waals surface area contributed by atoms with Crippen LogP contribution in [0.1, 0.15) is 42.5 Å². The molecule has 1 amide bonds. The molecule has 0 aromatic heterocycles. The lowest BCUT2D eigenvalue weighted by atomic mass is 10.1. The fourth-order valence-corrected chi connectivity index (χ4v) is 2.86. The second-order valence-corrected chi connectivity index (χ2v) is 6.31. The van der Waals surface area contributed by atoms with Gasteiger partial charge in [-0.1, -0.05) is 6.42 Å². The van der Waals surface area contributed by atoms with Gasteiger partial charge in [-0.2, -0.15) is 0 Å². The number of rotatable bonds is 7. The number of likely N-dealkylation sites (tertiary alicyclic amines) is 1. The van der Waals surface area contributed by atoms with Crippen LogP contribution in [0.15, 0.2) is 24.3 Å². The molecule has 0 bridgehead atoms. The van der Waals surface area contributed by atoms with Gasteiger partial charge >= 0.3 is 0 Å². The number of piperidine rings is 1. The van der Waals surface area contributed by atoms with Crippen molar-refractivity contribution in [3.05, 3.63) is 29.8 Å². The molecule has 1 saturated heterocycles. The lowest BCUT2D eigenvalue weighted by Gasteiger charge is -2.26. The first-order valence-electron chi connectivity index (χ1n) is 8.45. The largest absolute Gasteiger partial charge is 0.378 e. The number of carbonyl (C=O) groups is 1. The van der Waals surface area contributed by atoms with Crippen molar-refractivity contribution in [3.8, 4) is 0 Å². The third-order valence-corrected chi connectivity index (χ3v) is 4.28. The van der Waals surface area contributed by atoms with Crippen LogP contribution >= 0.6 is 0 Å². The number of amides is 1. The third-order valence-electron chi connectivity index (χ3n) is 4.28. The van der Waals surface area contributed by atoms with Crippen LogP contribution in [0.3, 0.4) is 0 Å². The normalized spacial score (nSPS) is 15.5. The van der Waals surface area contributed by atoms with Crippen LogP contribution in [0.5, 0.6) is 0 Å². The van der Waals surface area contributed by atoms with Gasteiger partial charge in [-0.25, -0.2) is 0 Å². The van der Waals surface area contributed by atoms with Gasteiger partial charge in [0.1, 0.15) is 0 Å². The van der Waals surface area contributed by atoms with E-state index in [1.165, 1.54) is 45.3 Å². The van der Waals surface area contributed by atoms with Crippen molar-refractivity contribution >= 4 is 11.6 Å². The zero-order valence-corrected chi connectivity index (χ0v) is 14.0. The maximum atomic E-state index is 12.1. The summed E-state index contributed by atoms with van der Waals surface area (Å²) in [7, 11) is 3.99. The summed E-state index contributed by atoms with van der Waals surface area (Å²) in [5.41, 5.74) is 1.85. The standard InChI is InChI=1S/C18H29N3O/c1-20(2)17-10-8-16(9-11-17)18(22)19-12-4-7-15-21-13-5-3-6-14-21/h8-11H,3-7,12-15H2,1-2H3,(H,19,22). The first kappa shape index (κ1) is 16.8. The molecular formula is C18H29N3O. The topological polar surface area (TPSA) is 35.6 Å². The zero-order chi connectivity index (χ0) is 15.8. The smallest absolute Gasteiger partial charge is 0.251 e. The maximum Gasteiger partial charge on any atom is 0.251 e. The van der Waals surface area contributed by atoms with Crippen LogP contribution in [0.2, 0.25) is 0 Å². The Morgan fingerprint density at radius 2 is 1.77 bits per heavy atom. The molecule has 1 aliphatic heterocycles. The Hall–Kier alpha value is -1.55. The van der Waals surface area contributed by atoms with E-state index in [4.69, 9.17) is 0 Å². The lowest BCUT2D eigenvalue weighted by molar-refractivity contribution is 0.0952. The molecule has 22 heavy (non-hydrogen) atoms. The molecule has 0 spiro atoms. The first-order valence-corrected chi connectivity index (χ1v) is 8.45. The van der Waals surface area contributed by atoms with E-state index in [-0.39, 0.29) is 5.91 Å². The molecule has 1 N–H and O–H groups in total. The van der Waals surface area contributed by atoms with Crippen molar-refractivity contribution in [2.24, 2.45) is 0 Å². The lowest BCUT2D eigenvalue weighted by Crippen LogP contribution is -2.31. The Morgan fingerprint density at radius 1 is 1.09 bits per heavy atom. The molecule has 1 aromatic carbocycles. The average molecular weight is 303 g/mol. The summed E-state index contributed by atoms with van der Waals surface area (Å²) < 4.78 is 0. The predicted octanol–water partition coefficient (Wildman–Crippen LogP) is 2.75. The zero-order valence-electron chi connectivity index (χ0n) is 14.0. The highest BCUT2D eigenvalue weighted by molar-refractivity contribution is 5.94. The molecule has 1 fully saturated rings. The number of hydrogen-bond acceptors (Lipinski definition) is 3. The van der Waals surface area contributed by atoms with Gasteiger partial charge in [-0.15, -0.1) is 0 Å². The van der Waals surface area contributed by atoms with Crippen LogP contribution < -0.4 is 10.2 Å². The van der Waals surface area contributed by atoms with Gasteiger partial charge in [0.05, 0.1) is 0 Å². The number of hydrogen-bond donors (Lipinski definition) is 1. The monoisotopic (exact) mass is 303 g/mol. The minimum absolute atomic E-state index is 0.0308. The molecule has 0 radical (unpaired) electrons. The summed E-state index contributed by atoms with van der Waals surface area (Å²) >= 11 is 0. The highest BCUT2D eigenvalue weighted by Gasteiger charge is 2.09. The van der Waals surface area contributed by atoms with Gasteiger partial charge in [0.25, 0.3) is 5.91 Å². The van der Waals surface area contributed by atoms with Gasteiger partial charge in [0.15, 0.2) is 0 Å². The van der Waals surface area contributed by atoms with Gasteiger partial charge in [0, 0.05) is 31.9 Å². The van der Waals surface area contributed by atoms with E-state index in [2.05, 4.69) is 10.2 Å². The van der Waals surface area contributed by atoms with Crippen LogP contribution in [-0.4, -0.2) is 51.1 Å². The molecule has 122 valence electrons. The predicted molar refractivity (Wildman–Crippen MR) is 92.6 cm³/mol. The van der Waals surface area contributed by atoms with Gasteiger partial charge < -0.3 is 15.1 Å². The van der Waals surface area contributed by atoms with Crippen molar-refractivity contribution in [2.45, 2.75) is 32.1 Å². The summed E-state index contributed by atoms with van der Waals surface area (Å²) in [5, 5.41) is 3.01. The molecule has 4 heteroatoms. The van der Waals surface area contributed by atoms with Crippen LogP contribution in [0.25, 0.3) is 0 Å². The van der Waals surface area contributed by atoms with E-state index < -0.39 is 0 Å². The number of anilines is 1. The van der Waals surface area contributed by atoms with Gasteiger partial charge in [-0.05, 0) is 69.6 Å². The second kappa shape index (κ2) is 8.79. The minimum Gasteiger partial charge on any atom is -0.378 e. The van der Waals surface area contributed by atoms with E-state index in [1.54, 1.807) is 0 Å². The molecule has 0 unspecified atom stereocenters. The van der Waals surface area contributed by atoms with Crippen LogP contribution in [-0.2, 0) is 0 Å². The number of unbranched alkanes of at least 4 members (excludes halogenated alkanes) is 1. The number of carbonyl (C=O) groups excluding carboxylic acids is 1. The Labute approximate surface area is 134 Å². The summed E-state index contributed by atoms with van der Waals surface area (Å²) in [6.45, 7) is 4.45. The summed E-state index contributed by atoms with van der Waals surface area (Å²) in [5.74, 6) is 0.0308. The van der Waals surface area contributed by atoms with Crippen molar-refractivity contribution < 1.29 is 4.79 Å². The number of benzene rings is 1. The fourth-order valence-electron chi connectivity index (χ4n) is 2.86. The quantitative estimate of drug-likeness (QED) is 0.787. The molecule has 0 saturated carbocycles. The van der Waals surface area contributed by atoms with E-state index >= 15 is 0 Å². The van der Waals surface area contributed by atoms with Crippen molar-refractivity contribution in [1.82, 2.24) is 10.2 Å². The Kier molecular flexibility index (Phi) is 6.72. The van der Waals surface area contributed by atoms with E-state index in [9.17, 15) is 4.79 Å². The van der Waals surface area contributed by atoms with Gasteiger partial charge in [0.2, 0.25) is 0 Å². The van der Waals surface area contributed by atoms with E-state index in [0.717, 1.165) is 24.2 Å². The molecule has 0 atom stereocenters. The van der Waals surface area contributed by atoms with E-state index in [1.807, 2.05) is 43.3 Å². The fraction of sp³-hybridized carbons (Fsp3) is 0.611. The average Bonchev–Trinajstić information content (AvgIpc) is 2.55. The number of nitrogens with zero attached hydrogens (tertiary/aromatic N) is 2. The van der Waals surface area contributed by atoms with Gasteiger partial charge in [-0.3, -0.25) is 4.79 Å². The molecule has 0 aliphatic carbocycles. The molecule has 2 rings (SSSR count). The summed E-state index contributed by atoms with van der Waals surface area (Å²) in [6, 6.07) is 7.73. The minimum atomic E-state index is 0.0308. The highest BCUT2D eigenvalue weighted by atomic mass is 16.1. The third kappa shape index (κ3) is 5.34.